The molecule has 0 amide bonds. The van der Waals surface area contributed by atoms with E-state index in [0.717, 1.165) is 0 Å². The molecule has 90 valence electrons. The fourth-order valence-corrected chi connectivity index (χ4v) is 1.74. The van der Waals surface area contributed by atoms with Crippen LogP contribution in [0.15, 0.2) is 16.7 Å². The van der Waals surface area contributed by atoms with Crippen LogP contribution < -0.4 is 0 Å². The van der Waals surface area contributed by atoms with Gasteiger partial charge in [-0.25, -0.2) is 9.78 Å². The van der Waals surface area contributed by atoms with Crippen molar-refractivity contribution in [1.82, 2.24) is 4.98 Å². The molecule has 0 radical (unpaired) electrons. The number of ether oxygens (including phenoxy) is 1. The molecule has 0 saturated carbocycles. The number of hydrogen-bond donors (Lipinski definition) is 0. The number of carbonyl (C=O) groups is 1. The molecule has 0 N–H and O–H groups in total. The van der Waals surface area contributed by atoms with Crippen LogP contribution >= 0.6 is 31.9 Å². The first-order valence-electron chi connectivity index (χ1n) is 5.07. The number of pyridine rings is 1. The van der Waals surface area contributed by atoms with Crippen LogP contribution in [0.3, 0.4) is 0 Å². The third-order valence-corrected chi connectivity index (χ3v) is 2.53. The Kier molecular flexibility index (Phi) is 8.47. The largest absolute Gasteiger partial charge is 0.462 e. The standard InChI is InChI=1S/C9H9Br2NO2.C2H6/c1-2-14-9(13)6-3-4-8(11)12-7(6)5-10;1-2/h3-4H,2,5H2,1H3;1-2H3. The highest BCUT2D eigenvalue weighted by Gasteiger charge is 2.12. The SMILES string of the molecule is CC.CCOC(=O)c1ccc(Br)nc1CBr. The summed E-state index contributed by atoms with van der Waals surface area (Å²) >= 11 is 6.51. The number of esters is 1. The molecule has 0 atom stereocenters. The van der Waals surface area contributed by atoms with Crippen LogP contribution in [0.25, 0.3) is 0 Å². The molecule has 1 rings (SSSR count). The van der Waals surface area contributed by atoms with Gasteiger partial charge < -0.3 is 4.74 Å². The summed E-state index contributed by atoms with van der Waals surface area (Å²) in [5.74, 6) is -0.332. The van der Waals surface area contributed by atoms with Crippen molar-refractivity contribution in [2.24, 2.45) is 0 Å². The van der Waals surface area contributed by atoms with Gasteiger partial charge in [-0.3, -0.25) is 0 Å². The lowest BCUT2D eigenvalue weighted by molar-refractivity contribution is 0.0525. The molecule has 0 aliphatic carbocycles. The second-order valence-corrected chi connectivity index (χ2v) is 3.86. The van der Waals surface area contributed by atoms with Crippen molar-refractivity contribution in [1.29, 1.82) is 0 Å². The molecule has 16 heavy (non-hydrogen) atoms. The Morgan fingerprint density at radius 3 is 2.56 bits per heavy atom. The van der Waals surface area contributed by atoms with Gasteiger partial charge in [-0.1, -0.05) is 29.8 Å². The van der Waals surface area contributed by atoms with Crippen LogP contribution in [0.4, 0.5) is 0 Å². The minimum atomic E-state index is -0.332. The molecule has 0 aliphatic rings. The number of hydrogen-bond acceptors (Lipinski definition) is 3. The molecule has 0 bridgehead atoms. The maximum absolute atomic E-state index is 11.4. The molecule has 0 fully saturated rings. The lowest BCUT2D eigenvalue weighted by Crippen LogP contribution is -2.08. The Bertz CT molecular complexity index is 343. The van der Waals surface area contributed by atoms with E-state index in [4.69, 9.17) is 4.74 Å². The second-order valence-electron chi connectivity index (χ2n) is 2.48. The minimum Gasteiger partial charge on any atom is -0.462 e. The molecule has 0 aliphatic heterocycles. The Labute approximate surface area is 113 Å². The zero-order chi connectivity index (χ0) is 12.6. The van der Waals surface area contributed by atoms with E-state index in [1.54, 1.807) is 19.1 Å². The normalized spacial score (nSPS) is 9.06. The van der Waals surface area contributed by atoms with Crippen molar-refractivity contribution in [3.8, 4) is 0 Å². The lowest BCUT2D eigenvalue weighted by Gasteiger charge is -2.05. The number of carbonyl (C=O) groups excluding carboxylic acids is 1. The first-order chi connectivity index (χ1) is 7.69. The van der Waals surface area contributed by atoms with E-state index in [0.29, 0.717) is 27.8 Å². The Morgan fingerprint density at radius 1 is 1.44 bits per heavy atom. The molecule has 0 saturated heterocycles. The Hall–Kier alpha value is -0.420. The third kappa shape index (κ3) is 4.61. The van der Waals surface area contributed by atoms with Gasteiger partial charge in [0, 0.05) is 5.33 Å². The van der Waals surface area contributed by atoms with E-state index in [1.165, 1.54) is 0 Å². The molecular weight excluding hydrogens is 338 g/mol. The summed E-state index contributed by atoms with van der Waals surface area (Å²) in [5.41, 5.74) is 1.18. The summed E-state index contributed by atoms with van der Waals surface area (Å²) < 4.78 is 5.60. The second kappa shape index (κ2) is 8.70. The fraction of sp³-hybridized carbons (Fsp3) is 0.455. The van der Waals surface area contributed by atoms with Gasteiger partial charge in [0.05, 0.1) is 17.9 Å². The van der Waals surface area contributed by atoms with Gasteiger partial charge in [-0.05, 0) is 35.0 Å². The van der Waals surface area contributed by atoms with Crippen LogP contribution in [0, 0.1) is 0 Å². The van der Waals surface area contributed by atoms with Gasteiger partial charge in [0.15, 0.2) is 0 Å². The van der Waals surface area contributed by atoms with Crippen molar-refractivity contribution in [3.63, 3.8) is 0 Å². The number of aromatic nitrogens is 1. The minimum absolute atomic E-state index is 0.332. The van der Waals surface area contributed by atoms with Crippen LogP contribution in [0.5, 0.6) is 0 Å². The molecule has 1 aromatic rings. The molecule has 0 unspecified atom stereocenters. The van der Waals surface area contributed by atoms with E-state index in [1.807, 2.05) is 13.8 Å². The highest BCUT2D eigenvalue weighted by atomic mass is 79.9. The molecular formula is C11H15Br2NO2. The average molecular weight is 353 g/mol. The summed E-state index contributed by atoms with van der Waals surface area (Å²) in [6, 6.07) is 3.42. The lowest BCUT2D eigenvalue weighted by atomic mass is 10.2. The summed E-state index contributed by atoms with van der Waals surface area (Å²) in [5, 5.41) is 0.528. The van der Waals surface area contributed by atoms with Gasteiger partial charge in [0.25, 0.3) is 0 Å². The van der Waals surface area contributed by atoms with Crippen molar-refractivity contribution >= 4 is 37.8 Å². The van der Waals surface area contributed by atoms with Gasteiger partial charge >= 0.3 is 5.97 Å². The van der Waals surface area contributed by atoms with Gasteiger partial charge in [-0.2, -0.15) is 0 Å². The zero-order valence-corrected chi connectivity index (χ0v) is 12.8. The monoisotopic (exact) mass is 351 g/mol. The van der Waals surface area contributed by atoms with Crippen LogP contribution in [-0.2, 0) is 10.1 Å². The molecule has 3 nitrogen and oxygen atoms in total. The maximum atomic E-state index is 11.4. The van der Waals surface area contributed by atoms with Crippen LogP contribution in [0.2, 0.25) is 0 Å². The Balaban J connectivity index is 0.00000106. The summed E-state index contributed by atoms with van der Waals surface area (Å²) in [4.78, 5) is 15.6. The first-order valence-corrected chi connectivity index (χ1v) is 6.99. The number of nitrogens with zero attached hydrogens (tertiary/aromatic N) is 1. The summed E-state index contributed by atoms with van der Waals surface area (Å²) in [6.07, 6.45) is 0. The number of halogens is 2. The topological polar surface area (TPSA) is 39.2 Å². The quantitative estimate of drug-likeness (QED) is 0.470. The molecule has 1 aromatic heterocycles. The molecule has 1 heterocycles. The van der Waals surface area contributed by atoms with Crippen LogP contribution in [0.1, 0.15) is 36.8 Å². The maximum Gasteiger partial charge on any atom is 0.340 e. The number of alkyl halides is 1. The van der Waals surface area contributed by atoms with E-state index >= 15 is 0 Å². The zero-order valence-electron chi connectivity index (χ0n) is 9.59. The highest BCUT2D eigenvalue weighted by molar-refractivity contribution is 9.10. The molecule has 5 heteroatoms. The van der Waals surface area contributed by atoms with Crippen LogP contribution in [-0.4, -0.2) is 17.6 Å². The Morgan fingerprint density at radius 2 is 2.06 bits per heavy atom. The third-order valence-electron chi connectivity index (χ3n) is 1.56. The van der Waals surface area contributed by atoms with Gasteiger partial charge in [-0.15, -0.1) is 0 Å². The predicted molar refractivity (Wildman–Crippen MR) is 71.9 cm³/mol. The summed E-state index contributed by atoms with van der Waals surface area (Å²) in [6.45, 7) is 6.15. The fourth-order valence-electron chi connectivity index (χ4n) is 0.971. The van der Waals surface area contributed by atoms with E-state index in [2.05, 4.69) is 36.8 Å². The van der Waals surface area contributed by atoms with Crippen molar-refractivity contribution in [3.05, 3.63) is 28.0 Å². The van der Waals surface area contributed by atoms with Crippen molar-refractivity contribution < 1.29 is 9.53 Å². The molecule has 0 spiro atoms. The van der Waals surface area contributed by atoms with Crippen molar-refractivity contribution in [2.45, 2.75) is 26.1 Å². The number of rotatable bonds is 3. The van der Waals surface area contributed by atoms with Gasteiger partial charge in [0.2, 0.25) is 0 Å². The van der Waals surface area contributed by atoms with E-state index in [9.17, 15) is 4.79 Å². The first kappa shape index (κ1) is 15.6. The average Bonchev–Trinajstić information content (AvgIpc) is 2.31. The van der Waals surface area contributed by atoms with Crippen molar-refractivity contribution in [2.75, 3.05) is 6.61 Å². The highest BCUT2D eigenvalue weighted by Crippen LogP contribution is 2.15. The molecule has 0 aromatic carbocycles. The van der Waals surface area contributed by atoms with E-state index in [-0.39, 0.29) is 5.97 Å². The van der Waals surface area contributed by atoms with E-state index < -0.39 is 0 Å². The summed E-state index contributed by atoms with van der Waals surface area (Å²) in [7, 11) is 0. The predicted octanol–water partition coefficient (Wildman–Crippen LogP) is 3.94. The smallest absolute Gasteiger partial charge is 0.340 e. The van der Waals surface area contributed by atoms with Gasteiger partial charge in [0.1, 0.15) is 4.60 Å².